The molecule has 0 saturated heterocycles. The number of rotatable bonds is 5. The van der Waals surface area contributed by atoms with Crippen molar-refractivity contribution in [1.29, 1.82) is 0 Å². The van der Waals surface area contributed by atoms with Gasteiger partial charge in [-0.2, -0.15) is 0 Å². The summed E-state index contributed by atoms with van der Waals surface area (Å²) in [5.74, 6) is 0.297. The van der Waals surface area contributed by atoms with E-state index in [1.165, 1.54) is 5.56 Å². The number of hydrogen-bond acceptors (Lipinski definition) is 3. The summed E-state index contributed by atoms with van der Waals surface area (Å²) >= 11 is 3.04. The second kappa shape index (κ2) is 6.61. The molecule has 1 N–H and O–H groups in total. The second-order valence-corrected chi connectivity index (χ2v) is 9.87. The lowest BCUT2D eigenvalue weighted by atomic mass is 9.80. The summed E-state index contributed by atoms with van der Waals surface area (Å²) in [5.41, 5.74) is 2.58. The zero-order valence-electron chi connectivity index (χ0n) is 16.1. The van der Waals surface area contributed by atoms with Gasteiger partial charge in [-0.1, -0.05) is 24.3 Å². The summed E-state index contributed by atoms with van der Waals surface area (Å²) in [6.45, 7) is 0.560. The van der Waals surface area contributed by atoms with Gasteiger partial charge < -0.3 is 14.8 Å². The first kappa shape index (κ1) is 19.2. The molecule has 2 saturated carbocycles. The summed E-state index contributed by atoms with van der Waals surface area (Å²) in [5, 5.41) is 3.28. The Kier molecular flexibility index (Phi) is 4.37. The van der Waals surface area contributed by atoms with E-state index in [2.05, 4.69) is 21.2 Å². The molecular formula is C23H22BrF2NO2. The van der Waals surface area contributed by atoms with Gasteiger partial charge in [0.25, 0.3) is 0 Å². The Hall–Kier alpha value is -1.79. The van der Waals surface area contributed by atoms with Crippen molar-refractivity contribution in [2.24, 2.45) is 5.92 Å². The molecule has 3 aliphatic rings. The summed E-state index contributed by atoms with van der Waals surface area (Å²) < 4.78 is 33.6. The number of methoxy groups -OCH3 is 1. The van der Waals surface area contributed by atoms with Crippen LogP contribution in [0.3, 0.4) is 0 Å². The Balaban J connectivity index is 1.49. The smallest absolute Gasteiger partial charge is 0.172 e. The number of halogens is 3. The largest absolute Gasteiger partial charge is 0.497 e. The molecule has 0 bridgehead atoms. The van der Waals surface area contributed by atoms with Gasteiger partial charge in [0.1, 0.15) is 17.9 Å². The molecule has 0 amide bonds. The van der Waals surface area contributed by atoms with Gasteiger partial charge >= 0.3 is 0 Å². The summed E-state index contributed by atoms with van der Waals surface area (Å²) in [7, 11) is 1.64. The molecule has 1 heterocycles. The summed E-state index contributed by atoms with van der Waals surface area (Å²) in [6, 6.07) is 10.9. The van der Waals surface area contributed by atoms with Gasteiger partial charge in [-0.3, -0.25) is 0 Å². The quantitative estimate of drug-likeness (QED) is 0.516. The van der Waals surface area contributed by atoms with Crippen LogP contribution in [0.2, 0.25) is 0 Å². The Bertz CT molecular complexity index is 978. The van der Waals surface area contributed by atoms with Crippen LogP contribution in [0.25, 0.3) is 0 Å². The van der Waals surface area contributed by atoms with Crippen molar-refractivity contribution >= 4 is 22.2 Å². The highest BCUT2D eigenvalue weighted by Gasteiger charge is 2.61. The average Bonchev–Trinajstić information content (AvgIpc) is 3.58. The monoisotopic (exact) mass is 461 g/mol. The minimum atomic E-state index is -1.52. The van der Waals surface area contributed by atoms with Crippen molar-refractivity contribution in [2.75, 3.05) is 13.7 Å². The fourth-order valence-corrected chi connectivity index (χ4v) is 5.59. The van der Waals surface area contributed by atoms with E-state index >= 15 is 4.39 Å². The molecule has 2 fully saturated rings. The normalized spacial score (nSPS) is 34.6. The van der Waals surface area contributed by atoms with Crippen LogP contribution in [0, 0.1) is 11.7 Å². The predicted octanol–water partition coefficient (Wildman–Crippen LogP) is 4.73. The number of aldehydes is 1. The van der Waals surface area contributed by atoms with Crippen molar-refractivity contribution in [3.05, 3.63) is 64.5 Å². The maximum Gasteiger partial charge on any atom is 0.172 e. The molecule has 2 aliphatic carbocycles. The van der Waals surface area contributed by atoms with Crippen LogP contribution in [0.1, 0.15) is 47.1 Å². The SMILES string of the molecule is COc1ccc(CC2CC23CNC(C=O)c2ccc(C4CC4(F)Br)c(F)c23)cc1. The van der Waals surface area contributed by atoms with Gasteiger partial charge in [0.2, 0.25) is 0 Å². The van der Waals surface area contributed by atoms with E-state index in [-0.39, 0.29) is 23.6 Å². The van der Waals surface area contributed by atoms with Crippen molar-refractivity contribution in [3.63, 3.8) is 0 Å². The molecule has 1 aliphatic heterocycles. The molecule has 29 heavy (non-hydrogen) atoms. The zero-order chi connectivity index (χ0) is 20.4. The van der Waals surface area contributed by atoms with E-state index in [1.54, 1.807) is 13.2 Å². The van der Waals surface area contributed by atoms with Gasteiger partial charge in [0.15, 0.2) is 4.58 Å². The third-order valence-corrected chi connectivity index (χ3v) is 7.76. The Morgan fingerprint density at radius 3 is 2.52 bits per heavy atom. The van der Waals surface area contributed by atoms with Crippen LogP contribution in [0.5, 0.6) is 5.75 Å². The number of hydrogen-bond donors (Lipinski definition) is 1. The molecule has 5 atom stereocenters. The number of carbonyl (C=O) groups excluding carboxylic acids is 1. The molecule has 152 valence electrons. The number of ether oxygens (including phenoxy) is 1. The lowest BCUT2D eigenvalue weighted by Crippen LogP contribution is -2.40. The minimum Gasteiger partial charge on any atom is -0.497 e. The predicted molar refractivity (Wildman–Crippen MR) is 110 cm³/mol. The van der Waals surface area contributed by atoms with Gasteiger partial charge in [-0.05, 0) is 63.5 Å². The minimum absolute atomic E-state index is 0.276. The molecule has 2 aromatic carbocycles. The maximum atomic E-state index is 15.7. The number of carbonyl (C=O) groups is 1. The molecule has 2 aromatic rings. The zero-order valence-corrected chi connectivity index (χ0v) is 17.6. The molecular weight excluding hydrogens is 440 g/mol. The fraction of sp³-hybridized carbons (Fsp3) is 0.435. The highest BCUT2D eigenvalue weighted by atomic mass is 79.9. The standard InChI is InChI=1S/C23H22BrF2NO2/c1-29-15-4-2-13(3-5-15)8-14-9-22(14)12-27-19(11-28)17-7-6-16(21(25)20(17)22)18-10-23(18,24)26/h2-7,11,14,18-19,27H,8-10,12H2,1H3. The highest BCUT2D eigenvalue weighted by Crippen LogP contribution is 2.63. The Morgan fingerprint density at radius 1 is 1.21 bits per heavy atom. The lowest BCUT2D eigenvalue weighted by Gasteiger charge is -2.32. The van der Waals surface area contributed by atoms with Gasteiger partial charge in [-0.25, -0.2) is 8.78 Å². The third-order valence-electron chi connectivity index (χ3n) is 6.89. The highest BCUT2D eigenvalue weighted by molar-refractivity contribution is 9.10. The second-order valence-electron chi connectivity index (χ2n) is 8.55. The van der Waals surface area contributed by atoms with E-state index in [9.17, 15) is 9.18 Å². The topological polar surface area (TPSA) is 38.3 Å². The van der Waals surface area contributed by atoms with Crippen molar-refractivity contribution in [2.45, 2.75) is 41.2 Å². The van der Waals surface area contributed by atoms with E-state index < -0.39 is 16.5 Å². The summed E-state index contributed by atoms with van der Waals surface area (Å²) in [4.78, 5) is 11.6. The van der Waals surface area contributed by atoms with Crippen LogP contribution in [-0.2, 0) is 16.6 Å². The number of benzene rings is 2. The van der Waals surface area contributed by atoms with E-state index in [0.717, 1.165) is 24.9 Å². The third kappa shape index (κ3) is 3.03. The fourth-order valence-electron chi connectivity index (χ4n) is 5.02. The van der Waals surface area contributed by atoms with Gasteiger partial charge in [0.05, 0.1) is 13.2 Å². The van der Waals surface area contributed by atoms with E-state index in [0.29, 0.717) is 23.2 Å². The van der Waals surface area contributed by atoms with Crippen LogP contribution < -0.4 is 10.1 Å². The molecule has 0 aromatic heterocycles. The molecule has 3 nitrogen and oxygen atoms in total. The molecule has 0 radical (unpaired) electrons. The van der Waals surface area contributed by atoms with Gasteiger partial charge in [0, 0.05) is 29.9 Å². The maximum absolute atomic E-state index is 15.7. The first-order valence-corrected chi connectivity index (χ1v) is 10.7. The number of fused-ring (bicyclic) bond motifs is 2. The molecule has 1 spiro atoms. The molecule has 5 unspecified atom stereocenters. The van der Waals surface area contributed by atoms with Crippen LogP contribution in [0.4, 0.5) is 8.78 Å². The van der Waals surface area contributed by atoms with E-state index in [1.807, 2.05) is 30.3 Å². The van der Waals surface area contributed by atoms with Crippen LogP contribution in [-0.4, -0.2) is 24.5 Å². The van der Waals surface area contributed by atoms with Gasteiger partial charge in [-0.15, -0.1) is 0 Å². The van der Waals surface area contributed by atoms with E-state index in [4.69, 9.17) is 4.74 Å². The van der Waals surface area contributed by atoms with Crippen LogP contribution in [0.15, 0.2) is 36.4 Å². The lowest BCUT2D eigenvalue weighted by molar-refractivity contribution is -0.109. The summed E-state index contributed by atoms with van der Waals surface area (Å²) in [6.07, 6.45) is 2.78. The van der Waals surface area contributed by atoms with Crippen molar-refractivity contribution in [1.82, 2.24) is 5.32 Å². The Labute approximate surface area is 177 Å². The van der Waals surface area contributed by atoms with Crippen molar-refractivity contribution in [3.8, 4) is 5.75 Å². The average molecular weight is 462 g/mol. The number of nitrogens with one attached hydrogen (secondary N) is 1. The first-order valence-electron chi connectivity index (χ1n) is 9.92. The Morgan fingerprint density at radius 2 is 1.90 bits per heavy atom. The molecule has 6 heteroatoms. The molecule has 5 rings (SSSR count). The van der Waals surface area contributed by atoms with Crippen LogP contribution >= 0.6 is 15.9 Å². The first-order chi connectivity index (χ1) is 13.9. The number of alkyl halides is 2. The van der Waals surface area contributed by atoms with Crippen molar-refractivity contribution < 1.29 is 18.3 Å².